The van der Waals surface area contributed by atoms with Gasteiger partial charge in [0, 0.05) is 4.88 Å². The molecule has 2 aromatic heterocycles. The lowest BCUT2D eigenvalue weighted by Gasteiger charge is -2.19. The molecule has 2 heterocycles. The van der Waals surface area contributed by atoms with Crippen molar-refractivity contribution < 1.29 is 9.53 Å². The molecule has 0 bridgehead atoms. The highest BCUT2D eigenvalue weighted by atomic mass is 32.1. The van der Waals surface area contributed by atoms with Gasteiger partial charge >= 0.3 is 0 Å². The van der Waals surface area contributed by atoms with Gasteiger partial charge in [-0.05, 0) is 35.2 Å². The van der Waals surface area contributed by atoms with Crippen molar-refractivity contribution in [1.82, 2.24) is 4.98 Å². The van der Waals surface area contributed by atoms with Crippen LogP contribution >= 0.6 is 22.7 Å². The third-order valence-electron chi connectivity index (χ3n) is 4.21. The summed E-state index contributed by atoms with van der Waals surface area (Å²) in [7, 11) is 1.65. The summed E-state index contributed by atoms with van der Waals surface area (Å²) >= 11 is 3.11. The molecule has 4 rings (SSSR count). The molecule has 0 radical (unpaired) electrons. The number of amides is 1. The SMILES string of the molecule is COc1ccc2nc(N(Cc3ccccc3)C(=O)Cc3cccs3)sc2c1. The predicted octanol–water partition coefficient (Wildman–Crippen LogP) is 5.14. The number of carbonyl (C=O) groups is 1. The number of aromatic nitrogens is 1. The van der Waals surface area contributed by atoms with E-state index in [2.05, 4.69) is 0 Å². The Kier molecular flexibility index (Phi) is 5.18. The fraction of sp³-hybridized carbons (Fsp3) is 0.143. The first-order chi connectivity index (χ1) is 13.2. The molecule has 4 nitrogen and oxygen atoms in total. The van der Waals surface area contributed by atoms with Crippen molar-refractivity contribution in [3.05, 3.63) is 76.5 Å². The highest BCUT2D eigenvalue weighted by molar-refractivity contribution is 7.22. The van der Waals surface area contributed by atoms with Crippen LogP contribution in [0, 0.1) is 0 Å². The number of anilines is 1. The lowest BCUT2D eigenvalue weighted by Crippen LogP contribution is -2.31. The Morgan fingerprint density at radius 1 is 1.11 bits per heavy atom. The molecule has 136 valence electrons. The van der Waals surface area contributed by atoms with Gasteiger partial charge in [-0.15, -0.1) is 11.3 Å². The number of ether oxygens (including phenoxy) is 1. The van der Waals surface area contributed by atoms with Gasteiger partial charge in [-0.3, -0.25) is 9.69 Å². The van der Waals surface area contributed by atoms with Crippen molar-refractivity contribution in [1.29, 1.82) is 0 Å². The van der Waals surface area contributed by atoms with Crippen molar-refractivity contribution in [2.24, 2.45) is 0 Å². The van der Waals surface area contributed by atoms with Crippen molar-refractivity contribution in [2.45, 2.75) is 13.0 Å². The normalized spacial score (nSPS) is 10.9. The van der Waals surface area contributed by atoms with E-state index in [9.17, 15) is 4.79 Å². The van der Waals surface area contributed by atoms with Gasteiger partial charge in [0.15, 0.2) is 5.13 Å². The number of benzene rings is 2. The molecular weight excluding hydrogens is 376 g/mol. The van der Waals surface area contributed by atoms with E-state index in [1.54, 1.807) is 23.3 Å². The van der Waals surface area contributed by atoms with Gasteiger partial charge in [0.2, 0.25) is 5.91 Å². The summed E-state index contributed by atoms with van der Waals surface area (Å²) in [5, 5.41) is 2.71. The smallest absolute Gasteiger partial charge is 0.234 e. The Hall–Kier alpha value is -2.70. The number of nitrogens with zero attached hydrogens (tertiary/aromatic N) is 2. The van der Waals surface area contributed by atoms with Gasteiger partial charge in [0.05, 0.1) is 30.3 Å². The molecule has 0 saturated heterocycles. The number of rotatable bonds is 6. The maximum atomic E-state index is 13.1. The Bertz CT molecular complexity index is 1040. The number of methoxy groups -OCH3 is 1. The number of thiazole rings is 1. The zero-order chi connectivity index (χ0) is 18.6. The van der Waals surface area contributed by atoms with Crippen LogP contribution in [0.5, 0.6) is 5.75 Å². The Balaban J connectivity index is 1.69. The fourth-order valence-corrected chi connectivity index (χ4v) is 4.53. The van der Waals surface area contributed by atoms with E-state index in [0.29, 0.717) is 18.1 Å². The van der Waals surface area contributed by atoms with E-state index in [1.807, 2.05) is 66.0 Å². The first-order valence-electron chi connectivity index (χ1n) is 8.54. The zero-order valence-electron chi connectivity index (χ0n) is 14.8. The second-order valence-electron chi connectivity index (χ2n) is 6.05. The van der Waals surface area contributed by atoms with Gasteiger partial charge in [0.25, 0.3) is 0 Å². The van der Waals surface area contributed by atoms with Crippen LogP contribution in [0.3, 0.4) is 0 Å². The van der Waals surface area contributed by atoms with Gasteiger partial charge < -0.3 is 4.74 Å². The van der Waals surface area contributed by atoms with E-state index >= 15 is 0 Å². The van der Waals surface area contributed by atoms with Crippen LogP contribution in [0.1, 0.15) is 10.4 Å². The van der Waals surface area contributed by atoms with Gasteiger partial charge in [-0.2, -0.15) is 0 Å². The molecule has 1 amide bonds. The zero-order valence-corrected chi connectivity index (χ0v) is 16.4. The molecule has 0 aliphatic heterocycles. The van der Waals surface area contributed by atoms with Crippen LogP contribution in [-0.2, 0) is 17.8 Å². The molecule has 0 N–H and O–H groups in total. The molecule has 27 heavy (non-hydrogen) atoms. The van der Waals surface area contributed by atoms with Gasteiger partial charge in [-0.25, -0.2) is 4.98 Å². The van der Waals surface area contributed by atoms with Crippen LogP contribution < -0.4 is 9.64 Å². The summed E-state index contributed by atoms with van der Waals surface area (Å²) in [4.78, 5) is 20.6. The molecule has 0 spiro atoms. The number of carbonyl (C=O) groups excluding carboxylic acids is 1. The minimum absolute atomic E-state index is 0.0484. The van der Waals surface area contributed by atoms with Gasteiger partial charge in [-0.1, -0.05) is 47.7 Å². The van der Waals surface area contributed by atoms with Crippen molar-refractivity contribution in [2.75, 3.05) is 12.0 Å². The van der Waals surface area contributed by atoms with Crippen LogP contribution in [0.4, 0.5) is 5.13 Å². The average molecular weight is 395 g/mol. The first-order valence-corrected chi connectivity index (χ1v) is 10.2. The second kappa shape index (κ2) is 7.90. The molecule has 0 aliphatic carbocycles. The second-order valence-corrected chi connectivity index (χ2v) is 8.09. The monoisotopic (exact) mass is 394 g/mol. The van der Waals surface area contributed by atoms with Crippen molar-refractivity contribution in [3.63, 3.8) is 0 Å². The molecule has 6 heteroatoms. The summed E-state index contributed by atoms with van der Waals surface area (Å²) in [5.74, 6) is 0.838. The Labute approximate surface area is 165 Å². The van der Waals surface area contributed by atoms with Crippen LogP contribution in [0.15, 0.2) is 66.0 Å². The van der Waals surface area contributed by atoms with Crippen LogP contribution in [0.25, 0.3) is 10.2 Å². The summed E-state index contributed by atoms with van der Waals surface area (Å²) in [6.07, 6.45) is 0.379. The van der Waals surface area contributed by atoms with E-state index in [0.717, 1.165) is 26.4 Å². The summed E-state index contributed by atoms with van der Waals surface area (Å²) in [5.41, 5.74) is 1.95. The van der Waals surface area contributed by atoms with Crippen molar-refractivity contribution in [3.8, 4) is 5.75 Å². The van der Waals surface area contributed by atoms with Gasteiger partial charge in [0.1, 0.15) is 5.75 Å². The van der Waals surface area contributed by atoms with E-state index in [-0.39, 0.29) is 5.91 Å². The molecular formula is C21H18N2O2S2. The highest BCUT2D eigenvalue weighted by Gasteiger charge is 2.21. The molecule has 4 aromatic rings. The predicted molar refractivity (Wildman–Crippen MR) is 112 cm³/mol. The largest absolute Gasteiger partial charge is 0.497 e. The summed E-state index contributed by atoms with van der Waals surface area (Å²) in [6.45, 7) is 0.502. The average Bonchev–Trinajstić information content (AvgIpc) is 3.35. The number of fused-ring (bicyclic) bond motifs is 1. The van der Waals surface area contributed by atoms with E-state index in [1.165, 1.54) is 11.3 Å². The number of hydrogen-bond donors (Lipinski definition) is 0. The lowest BCUT2D eigenvalue weighted by molar-refractivity contribution is -0.118. The first kappa shape index (κ1) is 17.7. The molecule has 2 aromatic carbocycles. The third-order valence-corrected chi connectivity index (χ3v) is 6.12. The summed E-state index contributed by atoms with van der Waals surface area (Å²) in [6, 6.07) is 19.8. The molecule has 0 atom stereocenters. The third kappa shape index (κ3) is 4.02. The minimum Gasteiger partial charge on any atom is -0.497 e. The maximum Gasteiger partial charge on any atom is 0.234 e. The van der Waals surface area contributed by atoms with Crippen molar-refractivity contribution >= 4 is 43.9 Å². The van der Waals surface area contributed by atoms with Crippen LogP contribution in [0.2, 0.25) is 0 Å². The fourth-order valence-electron chi connectivity index (χ4n) is 2.82. The van der Waals surface area contributed by atoms with E-state index < -0.39 is 0 Å². The number of thiophene rings is 1. The Morgan fingerprint density at radius 2 is 1.96 bits per heavy atom. The molecule has 0 aliphatic rings. The summed E-state index contributed by atoms with van der Waals surface area (Å²) < 4.78 is 6.31. The quantitative estimate of drug-likeness (QED) is 0.455. The lowest BCUT2D eigenvalue weighted by atomic mass is 10.2. The van der Waals surface area contributed by atoms with E-state index in [4.69, 9.17) is 9.72 Å². The highest BCUT2D eigenvalue weighted by Crippen LogP contribution is 2.32. The molecule has 0 unspecified atom stereocenters. The van der Waals surface area contributed by atoms with Crippen LogP contribution in [-0.4, -0.2) is 18.0 Å². The number of hydrogen-bond acceptors (Lipinski definition) is 5. The minimum atomic E-state index is 0.0484. The molecule has 0 saturated carbocycles. The maximum absolute atomic E-state index is 13.1. The Morgan fingerprint density at radius 3 is 2.70 bits per heavy atom. The molecule has 0 fully saturated rings. The standard InChI is InChI=1S/C21H18N2O2S2/c1-25-16-9-10-18-19(12-16)27-21(22-18)23(14-15-6-3-2-4-7-15)20(24)13-17-8-5-11-26-17/h2-12H,13-14H2,1H3. The topological polar surface area (TPSA) is 42.4 Å².